The molecule has 3 heterocycles. The molecule has 1 saturated heterocycles. The third-order valence-electron chi connectivity index (χ3n) is 7.68. The third kappa shape index (κ3) is 4.73. The number of carbonyl (C=O) groups excluding carboxylic acids is 2. The van der Waals surface area contributed by atoms with Crippen LogP contribution in [-0.4, -0.2) is 59.7 Å². The fourth-order valence-corrected chi connectivity index (χ4v) is 6.58. The number of fused-ring (bicyclic) bond motifs is 1. The van der Waals surface area contributed by atoms with Crippen LogP contribution in [-0.2, 0) is 32.7 Å². The summed E-state index contributed by atoms with van der Waals surface area (Å²) in [6.45, 7) is 5.61. The van der Waals surface area contributed by atoms with Crippen LogP contribution in [0.25, 0.3) is 0 Å². The minimum absolute atomic E-state index is 0.307. The lowest BCUT2D eigenvalue weighted by atomic mass is 10.1. The Morgan fingerprint density at radius 3 is 2.58 bits per heavy atom. The summed E-state index contributed by atoms with van der Waals surface area (Å²) in [4.78, 5) is 37.1. The first-order chi connectivity index (χ1) is 18.3. The maximum atomic E-state index is 13.1. The number of hydrogen-bond donors (Lipinski definition) is 3. The maximum Gasteiger partial charge on any atom is 0.259 e. The number of benzene rings is 1. The number of anilines is 1. The molecule has 4 aliphatic rings. The third-order valence-corrected chi connectivity index (χ3v) is 9.50. The number of amides is 2. The van der Waals surface area contributed by atoms with Gasteiger partial charge in [0.05, 0.1) is 11.3 Å². The molecule has 1 aromatic heterocycles. The average Bonchev–Trinajstić information content (AvgIpc) is 3.79. The van der Waals surface area contributed by atoms with Gasteiger partial charge in [0, 0.05) is 44.2 Å². The molecule has 3 fully saturated rings. The highest BCUT2D eigenvalue weighted by Crippen LogP contribution is 2.45. The Morgan fingerprint density at radius 1 is 1.18 bits per heavy atom. The molecule has 2 aliphatic heterocycles. The first kappa shape index (κ1) is 24.8. The second-order valence-corrected chi connectivity index (χ2v) is 12.4. The summed E-state index contributed by atoms with van der Waals surface area (Å²) in [7, 11) is -3.72. The Morgan fingerprint density at radius 2 is 1.92 bits per heavy atom. The molecule has 2 aliphatic carbocycles. The van der Waals surface area contributed by atoms with E-state index in [2.05, 4.69) is 48.9 Å². The largest absolute Gasteiger partial charge is 0.473 e. The van der Waals surface area contributed by atoms with Crippen molar-refractivity contribution in [2.75, 3.05) is 11.4 Å². The van der Waals surface area contributed by atoms with E-state index >= 15 is 0 Å². The molecule has 0 bridgehead atoms. The van der Waals surface area contributed by atoms with E-state index in [1.54, 1.807) is 18.3 Å². The Bertz CT molecular complexity index is 1370. The van der Waals surface area contributed by atoms with Gasteiger partial charge in [-0.2, -0.15) is 4.98 Å². The van der Waals surface area contributed by atoms with Gasteiger partial charge in [-0.3, -0.25) is 14.3 Å². The molecule has 0 spiro atoms. The van der Waals surface area contributed by atoms with E-state index in [4.69, 9.17) is 4.74 Å². The van der Waals surface area contributed by atoms with Crippen LogP contribution < -0.4 is 25.0 Å². The average molecular weight is 539 g/mol. The molecule has 2 amide bonds. The van der Waals surface area contributed by atoms with Crippen molar-refractivity contribution in [1.29, 1.82) is 0 Å². The Kier molecular flexibility index (Phi) is 6.10. The second kappa shape index (κ2) is 9.35. The van der Waals surface area contributed by atoms with Crippen molar-refractivity contribution in [2.45, 2.75) is 61.7 Å². The molecule has 12 heteroatoms. The summed E-state index contributed by atoms with van der Waals surface area (Å²) in [5.74, 6) is -0.403. The molecule has 200 valence electrons. The van der Waals surface area contributed by atoms with Gasteiger partial charge in [0.1, 0.15) is 11.6 Å². The lowest BCUT2D eigenvalue weighted by molar-refractivity contribution is -0.130. The summed E-state index contributed by atoms with van der Waals surface area (Å²) < 4.78 is 32.8. The van der Waals surface area contributed by atoms with Crippen molar-refractivity contribution in [3.63, 3.8) is 0 Å². The zero-order valence-electron chi connectivity index (χ0n) is 20.8. The quantitative estimate of drug-likeness (QED) is 0.395. The number of hydrogen-bond acceptors (Lipinski definition) is 9. The first-order valence-corrected chi connectivity index (χ1v) is 14.4. The van der Waals surface area contributed by atoms with Crippen molar-refractivity contribution in [2.24, 2.45) is 5.92 Å². The molecule has 2 aromatic rings. The highest BCUT2D eigenvalue weighted by atomic mass is 32.2. The predicted octanol–water partition coefficient (Wildman–Crippen LogP) is 0.775. The molecule has 4 unspecified atom stereocenters. The van der Waals surface area contributed by atoms with Crippen LogP contribution in [0.2, 0.25) is 0 Å². The van der Waals surface area contributed by atoms with Gasteiger partial charge in [0.2, 0.25) is 27.8 Å². The molecule has 38 heavy (non-hydrogen) atoms. The minimum Gasteiger partial charge on any atom is -0.473 e. The minimum atomic E-state index is -3.72. The second-order valence-electron chi connectivity index (χ2n) is 10.4. The standard InChI is InChI=1S/C26H30N6O5S/c1-2-18-12-26(18,24(34)31-38(35,36)20-7-8-20)30-23(33)21-11-19(13-28-21)37-22-9-10-27-25(29-22)32-14-16-5-3-4-6-17(16)15-32/h2-6,9-10,18-21,28H,1,7-8,11-15H2,(H,30,33)(H,31,34). The van der Waals surface area contributed by atoms with Gasteiger partial charge in [-0.1, -0.05) is 30.3 Å². The Labute approximate surface area is 221 Å². The van der Waals surface area contributed by atoms with Gasteiger partial charge in [0.15, 0.2) is 0 Å². The molecular weight excluding hydrogens is 508 g/mol. The SMILES string of the molecule is C=CC1CC1(NC(=O)C1CC(Oc2ccnc(N3Cc4ccccc4C3)n2)CN1)C(=O)NS(=O)(=O)C1CC1. The van der Waals surface area contributed by atoms with Crippen LogP contribution in [0.15, 0.2) is 49.2 Å². The van der Waals surface area contributed by atoms with Crippen LogP contribution in [0.1, 0.15) is 36.8 Å². The zero-order valence-corrected chi connectivity index (χ0v) is 21.6. The first-order valence-electron chi connectivity index (χ1n) is 12.8. The number of carbonyl (C=O) groups is 2. The van der Waals surface area contributed by atoms with Gasteiger partial charge >= 0.3 is 0 Å². The van der Waals surface area contributed by atoms with Crippen molar-refractivity contribution in [3.8, 4) is 5.88 Å². The number of nitrogens with one attached hydrogen (secondary N) is 3. The van der Waals surface area contributed by atoms with Crippen LogP contribution in [0, 0.1) is 5.92 Å². The molecule has 3 N–H and O–H groups in total. The van der Waals surface area contributed by atoms with Crippen molar-refractivity contribution >= 4 is 27.8 Å². The summed E-state index contributed by atoms with van der Waals surface area (Å²) in [5.41, 5.74) is 1.21. The van der Waals surface area contributed by atoms with E-state index in [9.17, 15) is 18.0 Å². The van der Waals surface area contributed by atoms with Gasteiger partial charge in [0.25, 0.3) is 5.91 Å². The summed E-state index contributed by atoms with van der Waals surface area (Å²) in [6, 6.07) is 9.35. The summed E-state index contributed by atoms with van der Waals surface area (Å²) in [6.07, 6.45) is 4.69. The number of aromatic nitrogens is 2. The Balaban J connectivity index is 1.06. The van der Waals surface area contributed by atoms with Crippen molar-refractivity contribution in [3.05, 3.63) is 60.3 Å². The van der Waals surface area contributed by atoms with Crippen molar-refractivity contribution in [1.82, 2.24) is 25.3 Å². The Hall–Kier alpha value is -3.51. The molecule has 2 saturated carbocycles. The van der Waals surface area contributed by atoms with E-state index in [-0.39, 0.29) is 17.9 Å². The van der Waals surface area contributed by atoms with Crippen molar-refractivity contribution < 1.29 is 22.7 Å². The highest BCUT2D eigenvalue weighted by Gasteiger charge is 2.61. The van der Waals surface area contributed by atoms with E-state index in [0.717, 1.165) is 13.1 Å². The summed E-state index contributed by atoms with van der Waals surface area (Å²) in [5, 5.41) is 5.40. The van der Waals surface area contributed by atoms with E-state index in [1.807, 2.05) is 12.1 Å². The number of ether oxygens (including phenoxy) is 1. The van der Waals surface area contributed by atoms with Gasteiger partial charge in [-0.25, -0.2) is 13.4 Å². The van der Waals surface area contributed by atoms with Gasteiger partial charge < -0.3 is 20.3 Å². The smallest absolute Gasteiger partial charge is 0.259 e. The lowest BCUT2D eigenvalue weighted by Gasteiger charge is -2.21. The van der Waals surface area contributed by atoms with Crippen LogP contribution >= 0.6 is 0 Å². The highest BCUT2D eigenvalue weighted by molar-refractivity contribution is 7.91. The van der Waals surface area contributed by atoms with E-state index in [0.29, 0.717) is 44.1 Å². The number of rotatable bonds is 9. The zero-order chi connectivity index (χ0) is 26.5. The summed E-state index contributed by atoms with van der Waals surface area (Å²) >= 11 is 0. The predicted molar refractivity (Wildman–Crippen MR) is 138 cm³/mol. The molecule has 11 nitrogen and oxygen atoms in total. The van der Waals surface area contributed by atoms with E-state index in [1.165, 1.54) is 11.1 Å². The lowest BCUT2D eigenvalue weighted by Crippen LogP contribution is -2.55. The van der Waals surface area contributed by atoms with Crippen LogP contribution in [0.5, 0.6) is 5.88 Å². The molecule has 0 radical (unpaired) electrons. The molecule has 1 aromatic carbocycles. The molecule has 6 rings (SSSR count). The van der Waals surface area contributed by atoms with Gasteiger partial charge in [-0.05, 0) is 30.4 Å². The van der Waals surface area contributed by atoms with Crippen LogP contribution in [0.4, 0.5) is 5.95 Å². The van der Waals surface area contributed by atoms with Gasteiger partial charge in [-0.15, -0.1) is 6.58 Å². The maximum absolute atomic E-state index is 13.1. The fraction of sp³-hybridized carbons (Fsp3) is 0.462. The van der Waals surface area contributed by atoms with E-state index < -0.39 is 32.8 Å². The van der Waals surface area contributed by atoms with Crippen LogP contribution in [0.3, 0.4) is 0 Å². The monoisotopic (exact) mass is 538 g/mol. The number of nitrogens with zero attached hydrogens (tertiary/aromatic N) is 3. The normalized spacial score (nSPS) is 27.9. The fourth-order valence-electron chi connectivity index (χ4n) is 5.21. The molecule has 4 atom stereocenters. The molecular formula is C26H30N6O5S. The number of sulfonamides is 1. The topological polar surface area (TPSA) is 143 Å².